The molecule has 0 spiro atoms. The first kappa shape index (κ1) is 13.7. The lowest BCUT2D eigenvalue weighted by molar-refractivity contribution is 0.431. The Morgan fingerprint density at radius 2 is 1.96 bits per heavy atom. The van der Waals surface area contributed by atoms with Crippen molar-refractivity contribution in [3.05, 3.63) is 59.9 Å². The number of hydrogen-bond acceptors (Lipinski definition) is 5. The van der Waals surface area contributed by atoms with Gasteiger partial charge in [-0.1, -0.05) is 28.9 Å². The lowest BCUT2D eigenvalue weighted by atomic mass is 10.1. The first-order valence-corrected chi connectivity index (χ1v) is 7.23. The number of hydrogen-bond donors (Lipinski definition) is 1. The smallest absolute Gasteiger partial charge is 0.276 e. The second kappa shape index (κ2) is 5.66. The molecule has 0 saturated heterocycles. The predicted octanol–water partition coefficient (Wildman–Crippen LogP) is 3.84. The van der Waals surface area contributed by atoms with Gasteiger partial charge in [0.15, 0.2) is 0 Å². The molecule has 0 saturated carbocycles. The Morgan fingerprint density at radius 3 is 2.78 bits per heavy atom. The van der Waals surface area contributed by atoms with Crippen LogP contribution in [0.5, 0.6) is 0 Å². The molecule has 1 N–H and O–H groups in total. The van der Waals surface area contributed by atoms with Crippen LogP contribution in [0.4, 0.5) is 0 Å². The van der Waals surface area contributed by atoms with Gasteiger partial charge in [-0.15, -0.1) is 0 Å². The van der Waals surface area contributed by atoms with E-state index in [1.807, 2.05) is 42.5 Å². The van der Waals surface area contributed by atoms with E-state index in [0.29, 0.717) is 22.4 Å². The molecule has 4 rings (SSSR count). The van der Waals surface area contributed by atoms with Gasteiger partial charge in [0.1, 0.15) is 5.69 Å². The fourth-order valence-corrected chi connectivity index (χ4v) is 2.36. The summed E-state index contributed by atoms with van der Waals surface area (Å²) in [5.41, 5.74) is 3.09. The van der Waals surface area contributed by atoms with Crippen molar-refractivity contribution in [3.8, 4) is 34.2 Å². The largest absolute Gasteiger partial charge is 0.332 e. The van der Waals surface area contributed by atoms with Crippen LogP contribution in [0, 0.1) is 0 Å². The topological polar surface area (TPSA) is 80.5 Å². The predicted molar refractivity (Wildman–Crippen MR) is 85.6 cm³/mol. The molecule has 0 aliphatic heterocycles. The van der Waals surface area contributed by atoms with Crippen molar-refractivity contribution in [3.63, 3.8) is 0 Å². The van der Waals surface area contributed by atoms with Crippen LogP contribution in [-0.2, 0) is 0 Å². The molecular weight excluding hydrogens is 314 g/mol. The average Bonchev–Trinajstić information content (AvgIpc) is 3.25. The fourth-order valence-electron chi connectivity index (χ4n) is 2.17. The number of benzene rings is 1. The molecule has 0 atom stereocenters. The fraction of sp³-hybridized carbons (Fsp3) is 0. The Balaban J connectivity index is 1.66. The third-order valence-corrected chi connectivity index (χ3v) is 3.51. The average molecular weight is 324 g/mol. The molecule has 1 aromatic carbocycles. The maximum absolute atomic E-state index is 6.00. The van der Waals surface area contributed by atoms with Crippen molar-refractivity contribution in [2.75, 3.05) is 0 Å². The van der Waals surface area contributed by atoms with E-state index < -0.39 is 0 Å². The number of aromatic nitrogens is 5. The van der Waals surface area contributed by atoms with Crippen molar-refractivity contribution in [1.82, 2.24) is 25.3 Å². The molecule has 3 aromatic heterocycles. The van der Waals surface area contributed by atoms with E-state index in [4.69, 9.17) is 16.1 Å². The first-order valence-electron chi connectivity index (χ1n) is 6.85. The van der Waals surface area contributed by atoms with Crippen molar-refractivity contribution in [1.29, 1.82) is 0 Å². The summed E-state index contributed by atoms with van der Waals surface area (Å²) in [6.07, 6.45) is 3.37. The molecule has 0 bridgehead atoms. The summed E-state index contributed by atoms with van der Waals surface area (Å²) in [6.45, 7) is 0. The lowest BCUT2D eigenvalue weighted by Gasteiger charge is -1.95. The minimum Gasteiger partial charge on any atom is -0.332 e. The minimum atomic E-state index is 0.365. The quantitative estimate of drug-likeness (QED) is 0.619. The molecular formula is C16H10ClN5O. The lowest BCUT2D eigenvalue weighted by Crippen LogP contribution is -1.82. The van der Waals surface area contributed by atoms with Gasteiger partial charge in [0.05, 0.1) is 5.69 Å². The summed E-state index contributed by atoms with van der Waals surface area (Å²) < 4.78 is 5.29. The highest BCUT2D eigenvalue weighted by molar-refractivity contribution is 6.30. The number of aromatic amines is 1. The Morgan fingerprint density at radius 1 is 1.04 bits per heavy atom. The Kier molecular flexibility index (Phi) is 3.36. The standard InChI is InChI=1S/C16H10ClN5O/c17-12-5-1-3-10(7-12)13-8-14(21-20-13)16-19-15(22-23-16)11-4-2-6-18-9-11/h1-9H,(H,20,21). The zero-order valence-electron chi connectivity index (χ0n) is 11.8. The van der Waals surface area contributed by atoms with Gasteiger partial charge in [-0.25, -0.2) is 0 Å². The van der Waals surface area contributed by atoms with E-state index in [1.54, 1.807) is 12.4 Å². The minimum absolute atomic E-state index is 0.365. The van der Waals surface area contributed by atoms with Gasteiger partial charge in [-0.05, 0) is 30.3 Å². The van der Waals surface area contributed by atoms with Crippen LogP contribution in [-0.4, -0.2) is 25.3 Å². The highest BCUT2D eigenvalue weighted by Crippen LogP contribution is 2.26. The third kappa shape index (κ3) is 2.72. The van der Waals surface area contributed by atoms with Gasteiger partial charge < -0.3 is 4.52 Å². The molecule has 0 aliphatic carbocycles. The second-order valence-corrected chi connectivity index (χ2v) is 5.28. The molecule has 0 aliphatic rings. The summed E-state index contributed by atoms with van der Waals surface area (Å²) in [6, 6.07) is 13.0. The van der Waals surface area contributed by atoms with Crippen molar-refractivity contribution in [2.45, 2.75) is 0 Å². The Bertz CT molecular complexity index is 948. The third-order valence-electron chi connectivity index (χ3n) is 3.27. The number of pyridine rings is 1. The van der Waals surface area contributed by atoms with Crippen LogP contribution in [0.3, 0.4) is 0 Å². The van der Waals surface area contributed by atoms with Crippen LogP contribution in [0.1, 0.15) is 0 Å². The molecule has 3 heterocycles. The zero-order chi connectivity index (χ0) is 15.6. The van der Waals surface area contributed by atoms with Crippen molar-refractivity contribution in [2.24, 2.45) is 0 Å². The van der Waals surface area contributed by atoms with Crippen molar-refractivity contribution < 1.29 is 4.52 Å². The summed E-state index contributed by atoms with van der Waals surface area (Å²) in [4.78, 5) is 8.40. The van der Waals surface area contributed by atoms with Gasteiger partial charge in [-0.2, -0.15) is 10.1 Å². The summed E-state index contributed by atoms with van der Waals surface area (Å²) in [5.74, 6) is 0.844. The number of H-pyrrole nitrogens is 1. The molecule has 0 radical (unpaired) electrons. The Hall–Kier alpha value is -2.99. The molecule has 0 amide bonds. The number of nitrogens with zero attached hydrogens (tertiary/aromatic N) is 4. The SMILES string of the molecule is Clc1cccc(-c2cc(-c3nc(-c4cccnc4)no3)[nH]n2)c1. The maximum Gasteiger partial charge on any atom is 0.276 e. The molecule has 4 aromatic rings. The second-order valence-electron chi connectivity index (χ2n) is 4.84. The van der Waals surface area contributed by atoms with Crippen LogP contribution in [0.2, 0.25) is 5.02 Å². The van der Waals surface area contributed by atoms with E-state index in [1.165, 1.54) is 0 Å². The Labute approximate surface area is 136 Å². The van der Waals surface area contributed by atoms with Gasteiger partial charge in [0.25, 0.3) is 5.89 Å². The zero-order valence-corrected chi connectivity index (χ0v) is 12.5. The van der Waals surface area contributed by atoms with Gasteiger partial charge >= 0.3 is 0 Å². The summed E-state index contributed by atoms with van der Waals surface area (Å²) in [7, 11) is 0. The number of rotatable bonds is 3. The van der Waals surface area contributed by atoms with E-state index in [0.717, 1.165) is 16.8 Å². The first-order chi connectivity index (χ1) is 11.3. The van der Waals surface area contributed by atoms with E-state index >= 15 is 0 Å². The molecule has 0 fully saturated rings. The van der Waals surface area contributed by atoms with Gasteiger partial charge in [0.2, 0.25) is 5.82 Å². The molecule has 112 valence electrons. The monoisotopic (exact) mass is 323 g/mol. The van der Waals surface area contributed by atoms with E-state index in [2.05, 4.69) is 25.3 Å². The number of halogens is 1. The highest BCUT2D eigenvalue weighted by atomic mass is 35.5. The van der Waals surface area contributed by atoms with Crippen LogP contribution < -0.4 is 0 Å². The van der Waals surface area contributed by atoms with Gasteiger partial charge in [-0.3, -0.25) is 10.1 Å². The summed E-state index contributed by atoms with van der Waals surface area (Å²) in [5, 5.41) is 11.8. The van der Waals surface area contributed by atoms with Crippen LogP contribution >= 0.6 is 11.6 Å². The van der Waals surface area contributed by atoms with E-state index in [-0.39, 0.29) is 0 Å². The molecule has 0 unspecified atom stereocenters. The number of nitrogens with one attached hydrogen (secondary N) is 1. The van der Waals surface area contributed by atoms with E-state index in [9.17, 15) is 0 Å². The maximum atomic E-state index is 6.00. The highest BCUT2D eigenvalue weighted by Gasteiger charge is 2.14. The van der Waals surface area contributed by atoms with Crippen LogP contribution in [0.25, 0.3) is 34.2 Å². The van der Waals surface area contributed by atoms with Gasteiger partial charge in [0, 0.05) is 28.5 Å². The summed E-state index contributed by atoms with van der Waals surface area (Å²) >= 11 is 6.00. The molecule has 23 heavy (non-hydrogen) atoms. The molecule has 7 heteroatoms. The molecule has 6 nitrogen and oxygen atoms in total. The van der Waals surface area contributed by atoms with Crippen LogP contribution in [0.15, 0.2) is 59.4 Å². The normalized spacial score (nSPS) is 10.8. The van der Waals surface area contributed by atoms with Crippen molar-refractivity contribution >= 4 is 11.6 Å².